The molecule has 1 unspecified atom stereocenters. The number of nitrogens with one attached hydrogen (secondary N) is 1. The van der Waals surface area contributed by atoms with Gasteiger partial charge in [-0.3, -0.25) is 9.59 Å². The molecule has 2 amide bonds. The maximum Gasteiger partial charge on any atom is 0.245 e. The van der Waals surface area contributed by atoms with Gasteiger partial charge in [0.1, 0.15) is 6.04 Å². The lowest BCUT2D eigenvalue weighted by molar-refractivity contribution is -0.144. The lowest BCUT2D eigenvalue weighted by atomic mass is 10.1. The van der Waals surface area contributed by atoms with Crippen molar-refractivity contribution < 1.29 is 9.59 Å². The summed E-state index contributed by atoms with van der Waals surface area (Å²) in [6, 6.07) is -0.226. The van der Waals surface area contributed by atoms with Crippen molar-refractivity contribution in [1.29, 1.82) is 0 Å². The number of hydrogen-bond donors (Lipinski definition) is 1. The Kier molecular flexibility index (Phi) is 4.96. The quantitative estimate of drug-likeness (QED) is 0.748. The number of carbonyl (C=O) groups excluding carboxylic acids is 2. The van der Waals surface area contributed by atoms with Crippen molar-refractivity contribution in [1.82, 2.24) is 15.1 Å². The number of carbonyl (C=O) groups is 2. The number of piperazine rings is 1. The first-order valence-corrected chi connectivity index (χ1v) is 7.14. The normalized spacial score (nSPS) is 23.5. The zero-order valence-electron chi connectivity index (χ0n) is 11.4. The van der Waals surface area contributed by atoms with Gasteiger partial charge in [-0.15, -0.1) is 6.58 Å². The summed E-state index contributed by atoms with van der Waals surface area (Å²) in [5.41, 5.74) is 0. The predicted octanol–water partition coefficient (Wildman–Crippen LogP) is 0.375. The van der Waals surface area contributed by atoms with Crippen molar-refractivity contribution in [3.63, 3.8) is 0 Å². The van der Waals surface area contributed by atoms with Crippen LogP contribution in [0.2, 0.25) is 0 Å². The van der Waals surface area contributed by atoms with E-state index in [1.165, 1.54) is 0 Å². The molecule has 0 aliphatic carbocycles. The van der Waals surface area contributed by atoms with Crippen LogP contribution in [0.3, 0.4) is 0 Å². The molecule has 2 rings (SSSR count). The molecule has 2 saturated heterocycles. The number of likely N-dealkylation sites (tertiary alicyclic amines) is 1. The SMILES string of the molecule is C=CCCC(=O)N1CCCC1C(=O)N1CCNCC1. The fraction of sp³-hybridized carbons (Fsp3) is 0.714. The van der Waals surface area contributed by atoms with Crippen molar-refractivity contribution in [3.8, 4) is 0 Å². The van der Waals surface area contributed by atoms with Crippen LogP contribution in [-0.4, -0.2) is 60.4 Å². The first-order chi connectivity index (χ1) is 9.24. The molecule has 2 fully saturated rings. The van der Waals surface area contributed by atoms with Crippen molar-refractivity contribution in [2.45, 2.75) is 31.7 Å². The molecule has 0 aromatic rings. The second kappa shape index (κ2) is 6.70. The van der Waals surface area contributed by atoms with Crippen LogP contribution in [0.15, 0.2) is 12.7 Å². The van der Waals surface area contributed by atoms with Gasteiger partial charge in [0, 0.05) is 39.1 Å². The Morgan fingerprint density at radius 3 is 2.68 bits per heavy atom. The number of rotatable bonds is 4. The van der Waals surface area contributed by atoms with E-state index in [2.05, 4.69) is 11.9 Å². The first-order valence-electron chi connectivity index (χ1n) is 7.14. The molecule has 106 valence electrons. The third-order valence-electron chi connectivity index (χ3n) is 3.85. The van der Waals surface area contributed by atoms with Crippen LogP contribution in [0.1, 0.15) is 25.7 Å². The van der Waals surface area contributed by atoms with E-state index in [0.717, 1.165) is 45.6 Å². The zero-order valence-corrected chi connectivity index (χ0v) is 11.4. The Hall–Kier alpha value is -1.36. The standard InChI is InChI=1S/C14H23N3O2/c1-2-3-6-13(18)17-9-4-5-12(17)14(19)16-10-7-15-8-11-16/h2,12,15H,1,3-11H2. The third kappa shape index (κ3) is 3.35. The van der Waals surface area contributed by atoms with E-state index in [0.29, 0.717) is 12.8 Å². The van der Waals surface area contributed by atoms with Crippen LogP contribution >= 0.6 is 0 Å². The lowest BCUT2D eigenvalue weighted by Gasteiger charge is -2.33. The van der Waals surface area contributed by atoms with E-state index in [4.69, 9.17) is 0 Å². The highest BCUT2D eigenvalue weighted by molar-refractivity contribution is 5.88. The summed E-state index contributed by atoms with van der Waals surface area (Å²) < 4.78 is 0. The van der Waals surface area contributed by atoms with Crippen molar-refractivity contribution in [2.75, 3.05) is 32.7 Å². The highest BCUT2D eigenvalue weighted by Gasteiger charge is 2.36. The van der Waals surface area contributed by atoms with Crippen LogP contribution in [0.4, 0.5) is 0 Å². The van der Waals surface area contributed by atoms with Crippen LogP contribution in [0.25, 0.3) is 0 Å². The Morgan fingerprint density at radius 2 is 2.00 bits per heavy atom. The molecular weight excluding hydrogens is 242 g/mol. The second-order valence-corrected chi connectivity index (χ2v) is 5.15. The Balaban J connectivity index is 1.95. The molecule has 0 spiro atoms. The minimum Gasteiger partial charge on any atom is -0.338 e. The van der Waals surface area contributed by atoms with E-state index in [1.54, 1.807) is 11.0 Å². The number of allylic oxidation sites excluding steroid dienone is 1. The van der Waals surface area contributed by atoms with Gasteiger partial charge in [-0.2, -0.15) is 0 Å². The maximum absolute atomic E-state index is 12.5. The highest BCUT2D eigenvalue weighted by Crippen LogP contribution is 2.21. The molecule has 2 aliphatic rings. The molecule has 5 nitrogen and oxygen atoms in total. The summed E-state index contributed by atoms with van der Waals surface area (Å²) in [7, 11) is 0. The van der Waals surface area contributed by atoms with Crippen molar-refractivity contribution >= 4 is 11.8 Å². The molecule has 5 heteroatoms. The molecular formula is C14H23N3O2. The molecule has 0 aromatic heterocycles. The fourth-order valence-electron chi connectivity index (χ4n) is 2.79. The van der Waals surface area contributed by atoms with Gasteiger partial charge in [-0.1, -0.05) is 6.08 Å². The topological polar surface area (TPSA) is 52.7 Å². The summed E-state index contributed by atoms with van der Waals surface area (Å²) in [5, 5.41) is 3.24. The third-order valence-corrected chi connectivity index (χ3v) is 3.85. The summed E-state index contributed by atoms with van der Waals surface area (Å²) >= 11 is 0. The molecule has 0 bridgehead atoms. The van der Waals surface area contributed by atoms with E-state index >= 15 is 0 Å². The predicted molar refractivity (Wildman–Crippen MR) is 73.6 cm³/mol. The Bertz CT molecular complexity index is 351. The molecule has 2 aliphatic heterocycles. The van der Waals surface area contributed by atoms with Gasteiger partial charge in [-0.25, -0.2) is 0 Å². The van der Waals surface area contributed by atoms with Crippen LogP contribution in [0.5, 0.6) is 0 Å². The summed E-state index contributed by atoms with van der Waals surface area (Å²) in [6.45, 7) is 7.56. The monoisotopic (exact) mass is 265 g/mol. The summed E-state index contributed by atoms with van der Waals surface area (Å²) in [4.78, 5) is 28.2. The van der Waals surface area contributed by atoms with E-state index in [-0.39, 0.29) is 17.9 Å². The molecule has 19 heavy (non-hydrogen) atoms. The van der Waals surface area contributed by atoms with E-state index in [9.17, 15) is 9.59 Å². The highest BCUT2D eigenvalue weighted by atomic mass is 16.2. The molecule has 0 saturated carbocycles. The van der Waals surface area contributed by atoms with Crippen molar-refractivity contribution in [3.05, 3.63) is 12.7 Å². The van der Waals surface area contributed by atoms with Gasteiger partial charge in [0.25, 0.3) is 0 Å². The molecule has 1 N–H and O–H groups in total. The second-order valence-electron chi connectivity index (χ2n) is 5.15. The fourth-order valence-corrected chi connectivity index (χ4v) is 2.79. The lowest BCUT2D eigenvalue weighted by Crippen LogP contribution is -2.53. The summed E-state index contributed by atoms with van der Waals surface area (Å²) in [6.07, 6.45) is 4.64. The zero-order chi connectivity index (χ0) is 13.7. The van der Waals surface area contributed by atoms with Gasteiger partial charge >= 0.3 is 0 Å². The minimum absolute atomic E-state index is 0.0888. The largest absolute Gasteiger partial charge is 0.338 e. The Morgan fingerprint density at radius 1 is 1.26 bits per heavy atom. The number of nitrogens with zero attached hydrogens (tertiary/aromatic N) is 2. The first kappa shape index (κ1) is 14.1. The molecule has 0 radical (unpaired) electrons. The smallest absolute Gasteiger partial charge is 0.245 e. The van der Waals surface area contributed by atoms with E-state index in [1.807, 2.05) is 4.90 Å². The van der Waals surface area contributed by atoms with Crippen LogP contribution in [0, 0.1) is 0 Å². The van der Waals surface area contributed by atoms with Gasteiger partial charge in [0.2, 0.25) is 11.8 Å². The number of amides is 2. The maximum atomic E-state index is 12.5. The average molecular weight is 265 g/mol. The Labute approximate surface area is 114 Å². The number of hydrogen-bond acceptors (Lipinski definition) is 3. The molecule has 2 heterocycles. The van der Waals surface area contributed by atoms with Gasteiger partial charge in [0.15, 0.2) is 0 Å². The van der Waals surface area contributed by atoms with Crippen LogP contribution < -0.4 is 5.32 Å². The van der Waals surface area contributed by atoms with Gasteiger partial charge in [-0.05, 0) is 19.3 Å². The summed E-state index contributed by atoms with van der Waals surface area (Å²) in [5.74, 6) is 0.219. The van der Waals surface area contributed by atoms with Gasteiger partial charge < -0.3 is 15.1 Å². The average Bonchev–Trinajstić information content (AvgIpc) is 2.94. The van der Waals surface area contributed by atoms with Crippen molar-refractivity contribution in [2.24, 2.45) is 0 Å². The molecule has 1 atom stereocenters. The van der Waals surface area contributed by atoms with Crippen LogP contribution in [-0.2, 0) is 9.59 Å². The van der Waals surface area contributed by atoms with E-state index < -0.39 is 0 Å². The molecule has 0 aromatic carbocycles. The minimum atomic E-state index is -0.226. The van der Waals surface area contributed by atoms with Gasteiger partial charge in [0.05, 0.1) is 0 Å².